The topological polar surface area (TPSA) is 80.3 Å². The lowest BCUT2D eigenvalue weighted by atomic mass is 9.68. The maximum absolute atomic E-state index is 12.6. The molecule has 0 amide bonds. The lowest BCUT2D eigenvalue weighted by Crippen LogP contribution is -2.29. The molecule has 0 bridgehead atoms. The second-order valence-corrected chi connectivity index (χ2v) is 10.2. The van der Waals surface area contributed by atoms with Crippen molar-refractivity contribution < 1.29 is 32.1 Å². The average molecular weight is 432 g/mol. The molecule has 5 rings (SSSR count). The fraction of sp³-hybridized carbons (Fsp3) is 0.455. The Kier molecular flexibility index (Phi) is 4.50. The number of fused-ring (bicyclic) bond motifs is 3. The van der Waals surface area contributed by atoms with Gasteiger partial charge < -0.3 is 23.7 Å². The van der Waals surface area contributed by atoms with Gasteiger partial charge in [-0.3, -0.25) is 0 Å². The van der Waals surface area contributed by atoms with Crippen molar-refractivity contribution in [2.75, 3.05) is 39.6 Å². The first kappa shape index (κ1) is 19.4. The molecular formula is C22H24O7S. The Hall–Kier alpha value is -2.61. The summed E-state index contributed by atoms with van der Waals surface area (Å²) in [6, 6.07) is 7.86. The third kappa shape index (κ3) is 2.96. The van der Waals surface area contributed by atoms with Gasteiger partial charge in [-0.25, -0.2) is 8.42 Å². The van der Waals surface area contributed by atoms with Gasteiger partial charge >= 0.3 is 0 Å². The molecule has 0 saturated carbocycles. The molecule has 0 unspecified atom stereocenters. The Morgan fingerprint density at radius 3 is 2.20 bits per heavy atom. The van der Waals surface area contributed by atoms with Gasteiger partial charge in [-0.15, -0.1) is 0 Å². The van der Waals surface area contributed by atoms with E-state index in [4.69, 9.17) is 23.7 Å². The van der Waals surface area contributed by atoms with Gasteiger partial charge in [-0.2, -0.15) is 0 Å². The first-order valence-corrected chi connectivity index (χ1v) is 11.7. The first-order valence-electron chi connectivity index (χ1n) is 9.87. The molecular weight excluding hydrogens is 408 g/mol. The summed E-state index contributed by atoms with van der Waals surface area (Å²) in [4.78, 5) is 0. The number of sulfone groups is 1. The molecule has 2 aliphatic heterocycles. The highest BCUT2D eigenvalue weighted by Gasteiger charge is 2.47. The maximum Gasteiger partial charge on any atom is 0.231 e. The minimum Gasteiger partial charge on any atom is -0.493 e. The summed E-state index contributed by atoms with van der Waals surface area (Å²) in [6.45, 7) is 0.203. The molecule has 2 heterocycles. The van der Waals surface area contributed by atoms with Gasteiger partial charge in [0.05, 0.1) is 32.8 Å². The molecule has 1 saturated heterocycles. The van der Waals surface area contributed by atoms with Gasteiger partial charge in [0.1, 0.15) is 0 Å². The van der Waals surface area contributed by atoms with Gasteiger partial charge in [0.2, 0.25) is 12.5 Å². The smallest absolute Gasteiger partial charge is 0.231 e. The predicted octanol–water partition coefficient (Wildman–Crippen LogP) is 2.79. The molecule has 3 aliphatic rings. The number of methoxy groups -OCH3 is 3. The Labute approximate surface area is 175 Å². The van der Waals surface area contributed by atoms with Gasteiger partial charge in [0.25, 0.3) is 0 Å². The van der Waals surface area contributed by atoms with E-state index in [1.165, 1.54) is 0 Å². The standard InChI is InChI=1S/C22H24O7S/c1-25-19-6-13(7-20(26-2)22(19)27-3)21-15-8-18-17(28-11-29-18)5-12(15)4-14-9-30(23,24)10-16(14)21/h5-8,14,16,21H,4,9-11H2,1-3H3/t14-,16-,21-/m0/s1. The van der Waals surface area contributed by atoms with Crippen molar-refractivity contribution in [2.24, 2.45) is 11.8 Å². The van der Waals surface area contributed by atoms with E-state index in [-0.39, 0.29) is 36.1 Å². The van der Waals surface area contributed by atoms with Crippen molar-refractivity contribution in [3.63, 3.8) is 0 Å². The molecule has 0 spiro atoms. The highest BCUT2D eigenvalue weighted by atomic mass is 32.2. The van der Waals surface area contributed by atoms with Crippen LogP contribution in [0, 0.1) is 11.8 Å². The zero-order valence-corrected chi connectivity index (χ0v) is 18.0. The highest BCUT2D eigenvalue weighted by molar-refractivity contribution is 7.91. The van der Waals surface area contributed by atoms with Crippen LogP contribution in [-0.2, 0) is 16.3 Å². The maximum atomic E-state index is 12.6. The number of ether oxygens (including phenoxy) is 5. The number of hydrogen-bond donors (Lipinski definition) is 0. The summed E-state index contributed by atoms with van der Waals surface area (Å²) >= 11 is 0. The molecule has 0 N–H and O–H groups in total. The molecule has 1 fully saturated rings. The van der Waals surface area contributed by atoms with Crippen LogP contribution in [0.2, 0.25) is 0 Å². The van der Waals surface area contributed by atoms with E-state index in [1.54, 1.807) is 21.3 Å². The van der Waals surface area contributed by atoms with Gasteiger partial charge in [0.15, 0.2) is 32.8 Å². The Morgan fingerprint density at radius 1 is 0.900 bits per heavy atom. The van der Waals surface area contributed by atoms with E-state index in [1.807, 2.05) is 24.3 Å². The quantitative estimate of drug-likeness (QED) is 0.735. The van der Waals surface area contributed by atoms with Crippen LogP contribution in [-0.4, -0.2) is 48.0 Å². The molecule has 30 heavy (non-hydrogen) atoms. The van der Waals surface area contributed by atoms with E-state index in [0.717, 1.165) is 28.9 Å². The summed E-state index contributed by atoms with van der Waals surface area (Å²) in [5, 5.41) is 0. The molecule has 0 radical (unpaired) electrons. The summed E-state index contributed by atoms with van der Waals surface area (Å²) in [6.07, 6.45) is 0.719. The van der Waals surface area contributed by atoms with E-state index < -0.39 is 9.84 Å². The lowest BCUT2D eigenvalue weighted by molar-refractivity contribution is 0.174. The second kappa shape index (κ2) is 6.97. The van der Waals surface area contributed by atoms with Crippen molar-refractivity contribution in [3.05, 3.63) is 41.0 Å². The SMILES string of the molecule is COc1cc([C@H]2c3cc4c(cc3C[C@H]3CS(=O)(=O)C[C@@H]32)OCO4)cc(OC)c1OC. The molecule has 2 aromatic carbocycles. The minimum absolute atomic E-state index is 0.0225. The third-order valence-corrected chi connectivity index (χ3v) is 8.27. The molecule has 1 aliphatic carbocycles. The Balaban J connectivity index is 1.71. The second-order valence-electron chi connectivity index (χ2n) is 8.05. The van der Waals surface area contributed by atoms with Crippen LogP contribution in [0.3, 0.4) is 0 Å². The van der Waals surface area contributed by atoms with Crippen LogP contribution in [0.5, 0.6) is 28.7 Å². The molecule has 7 nitrogen and oxygen atoms in total. The van der Waals surface area contributed by atoms with Crippen LogP contribution in [0.15, 0.2) is 24.3 Å². The third-order valence-electron chi connectivity index (χ3n) is 6.45. The summed E-state index contributed by atoms with van der Waals surface area (Å²) < 4.78 is 52.9. The van der Waals surface area contributed by atoms with Crippen molar-refractivity contribution in [1.82, 2.24) is 0 Å². The summed E-state index contributed by atoms with van der Waals surface area (Å²) in [5.74, 6) is 3.34. The average Bonchev–Trinajstić information content (AvgIpc) is 3.30. The molecule has 0 aromatic heterocycles. The minimum atomic E-state index is -3.09. The molecule has 160 valence electrons. The van der Waals surface area contributed by atoms with Crippen LogP contribution in [0.25, 0.3) is 0 Å². The van der Waals surface area contributed by atoms with Crippen LogP contribution >= 0.6 is 0 Å². The van der Waals surface area contributed by atoms with E-state index >= 15 is 0 Å². The predicted molar refractivity (Wildman–Crippen MR) is 110 cm³/mol. The van der Waals surface area contributed by atoms with Crippen molar-refractivity contribution in [2.45, 2.75) is 12.3 Å². The van der Waals surface area contributed by atoms with E-state index in [0.29, 0.717) is 23.0 Å². The fourth-order valence-electron chi connectivity index (χ4n) is 5.21. The zero-order valence-electron chi connectivity index (χ0n) is 17.1. The van der Waals surface area contributed by atoms with Gasteiger partial charge in [0, 0.05) is 5.92 Å². The summed E-state index contributed by atoms with van der Waals surface area (Å²) in [5.41, 5.74) is 3.12. The highest BCUT2D eigenvalue weighted by Crippen LogP contribution is 2.52. The molecule has 8 heteroatoms. The van der Waals surface area contributed by atoms with Crippen molar-refractivity contribution in [1.29, 1.82) is 0 Å². The largest absolute Gasteiger partial charge is 0.493 e. The Bertz CT molecular complexity index is 1080. The zero-order chi connectivity index (χ0) is 21.0. The van der Waals surface area contributed by atoms with Gasteiger partial charge in [-0.1, -0.05) is 0 Å². The van der Waals surface area contributed by atoms with Crippen molar-refractivity contribution in [3.8, 4) is 28.7 Å². The lowest BCUT2D eigenvalue weighted by Gasteiger charge is -2.36. The number of hydrogen-bond acceptors (Lipinski definition) is 7. The summed E-state index contributed by atoms with van der Waals surface area (Å²) in [7, 11) is 1.63. The van der Waals surface area contributed by atoms with Gasteiger partial charge in [-0.05, 0) is 59.2 Å². The van der Waals surface area contributed by atoms with Crippen molar-refractivity contribution >= 4 is 9.84 Å². The van der Waals surface area contributed by atoms with E-state index in [2.05, 4.69) is 0 Å². The molecule has 3 atom stereocenters. The normalized spacial score (nSPS) is 25.4. The first-order chi connectivity index (χ1) is 14.4. The monoisotopic (exact) mass is 432 g/mol. The van der Waals surface area contributed by atoms with E-state index in [9.17, 15) is 8.42 Å². The fourth-order valence-corrected chi connectivity index (χ4v) is 7.42. The van der Waals surface area contributed by atoms with Crippen LogP contribution in [0.4, 0.5) is 0 Å². The number of benzene rings is 2. The molecule has 2 aromatic rings. The Morgan fingerprint density at radius 2 is 1.57 bits per heavy atom. The van der Waals surface area contributed by atoms with Crippen LogP contribution < -0.4 is 23.7 Å². The number of rotatable bonds is 4. The van der Waals surface area contributed by atoms with Crippen LogP contribution in [0.1, 0.15) is 22.6 Å².